The number of nitrogens with two attached hydrogens (primary N) is 1. The molecule has 0 spiro atoms. The molecule has 114 valence electrons. The maximum absolute atomic E-state index is 12.4. The van der Waals surface area contributed by atoms with Crippen molar-refractivity contribution in [3.05, 3.63) is 42.5 Å². The average Bonchev–Trinajstić information content (AvgIpc) is 2.79. The molecule has 2 aromatic carbocycles. The molecule has 3 rings (SSSR count). The second-order valence-corrected chi connectivity index (χ2v) is 5.34. The van der Waals surface area contributed by atoms with Crippen LogP contribution >= 0.6 is 11.3 Å². The van der Waals surface area contributed by atoms with E-state index in [2.05, 4.69) is 9.72 Å². The van der Waals surface area contributed by atoms with Gasteiger partial charge in [-0.1, -0.05) is 23.5 Å². The predicted molar refractivity (Wildman–Crippen MR) is 77.2 cm³/mol. The van der Waals surface area contributed by atoms with Crippen molar-refractivity contribution in [1.29, 1.82) is 0 Å². The molecule has 1 heterocycles. The number of nitrogens with zero attached hydrogens (tertiary/aromatic N) is 1. The molecule has 2 N–H and O–H groups in total. The maximum Gasteiger partial charge on any atom is 0.573 e. The zero-order valence-electron chi connectivity index (χ0n) is 10.9. The summed E-state index contributed by atoms with van der Waals surface area (Å²) in [6.07, 6.45) is -4.78. The molecule has 0 radical (unpaired) electrons. The molecule has 0 aliphatic carbocycles. The van der Waals surface area contributed by atoms with E-state index < -0.39 is 12.1 Å². The first-order valence-electron chi connectivity index (χ1n) is 6.09. The van der Waals surface area contributed by atoms with Crippen LogP contribution in [0.3, 0.4) is 0 Å². The Morgan fingerprint density at radius 3 is 2.50 bits per heavy atom. The van der Waals surface area contributed by atoms with Gasteiger partial charge < -0.3 is 15.2 Å². The monoisotopic (exact) mass is 326 g/mol. The molecule has 1 aromatic heterocycles. The van der Waals surface area contributed by atoms with Gasteiger partial charge in [0, 0.05) is 6.07 Å². The minimum Gasteiger partial charge on any atom is -0.453 e. The number of hydrogen-bond donors (Lipinski definition) is 1. The lowest BCUT2D eigenvalue weighted by Gasteiger charge is -2.13. The van der Waals surface area contributed by atoms with Gasteiger partial charge in [-0.25, -0.2) is 4.98 Å². The third-order valence-electron chi connectivity index (χ3n) is 2.68. The van der Waals surface area contributed by atoms with E-state index in [-0.39, 0.29) is 5.75 Å². The molecule has 0 atom stereocenters. The van der Waals surface area contributed by atoms with E-state index in [0.717, 1.165) is 4.70 Å². The fourth-order valence-electron chi connectivity index (χ4n) is 1.86. The van der Waals surface area contributed by atoms with Crippen molar-refractivity contribution < 1.29 is 22.6 Å². The Morgan fingerprint density at radius 1 is 1.05 bits per heavy atom. The number of anilines is 1. The van der Waals surface area contributed by atoms with Crippen LogP contribution in [-0.4, -0.2) is 11.3 Å². The summed E-state index contributed by atoms with van der Waals surface area (Å²) in [5, 5.41) is 0.410. The third kappa shape index (κ3) is 3.22. The van der Waals surface area contributed by atoms with Crippen molar-refractivity contribution in [3.8, 4) is 17.2 Å². The van der Waals surface area contributed by atoms with Crippen LogP contribution in [0.15, 0.2) is 42.5 Å². The molecule has 0 saturated heterocycles. The van der Waals surface area contributed by atoms with Gasteiger partial charge in [0.25, 0.3) is 0 Å². The topological polar surface area (TPSA) is 57.4 Å². The Hall–Kier alpha value is -2.48. The second kappa shape index (κ2) is 5.38. The molecule has 0 fully saturated rings. The van der Waals surface area contributed by atoms with Gasteiger partial charge in [0.1, 0.15) is 5.75 Å². The van der Waals surface area contributed by atoms with Crippen molar-refractivity contribution >= 4 is 26.7 Å². The Labute approximate surface area is 126 Å². The number of hydrogen-bond acceptors (Lipinski definition) is 5. The summed E-state index contributed by atoms with van der Waals surface area (Å²) >= 11 is 1.27. The quantitative estimate of drug-likeness (QED) is 0.766. The number of rotatable bonds is 3. The molecule has 4 nitrogen and oxygen atoms in total. The molecular weight excluding hydrogens is 317 g/mol. The fourth-order valence-corrected chi connectivity index (χ4v) is 2.62. The van der Waals surface area contributed by atoms with Gasteiger partial charge in [0.15, 0.2) is 16.6 Å². The highest BCUT2D eigenvalue weighted by atomic mass is 32.1. The number of para-hydroxylation sites is 2. The minimum absolute atomic E-state index is 0.0309. The van der Waals surface area contributed by atoms with Crippen LogP contribution in [0.5, 0.6) is 17.2 Å². The SMILES string of the molecule is Nc1nc2ccc(Oc3ccccc3OC(F)(F)F)cc2s1. The molecule has 3 aromatic rings. The summed E-state index contributed by atoms with van der Waals surface area (Å²) in [5.41, 5.74) is 6.31. The van der Waals surface area contributed by atoms with Gasteiger partial charge in [-0.3, -0.25) is 0 Å². The summed E-state index contributed by atoms with van der Waals surface area (Å²) in [4.78, 5) is 4.09. The van der Waals surface area contributed by atoms with E-state index in [4.69, 9.17) is 10.5 Å². The summed E-state index contributed by atoms with van der Waals surface area (Å²) in [7, 11) is 0. The fraction of sp³-hybridized carbons (Fsp3) is 0.0714. The maximum atomic E-state index is 12.4. The van der Waals surface area contributed by atoms with Crippen molar-refractivity contribution in [2.24, 2.45) is 0 Å². The van der Waals surface area contributed by atoms with Crippen LogP contribution in [0.1, 0.15) is 0 Å². The zero-order chi connectivity index (χ0) is 15.7. The number of halogens is 3. The van der Waals surface area contributed by atoms with Gasteiger partial charge in [0.05, 0.1) is 10.2 Å². The minimum atomic E-state index is -4.78. The number of aromatic nitrogens is 1. The zero-order valence-corrected chi connectivity index (χ0v) is 11.7. The van der Waals surface area contributed by atoms with Crippen molar-refractivity contribution in [3.63, 3.8) is 0 Å². The first-order valence-corrected chi connectivity index (χ1v) is 6.91. The highest BCUT2D eigenvalue weighted by Gasteiger charge is 2.32. The Kier molecular flexibility index (Phi) is 3.53. The first kappa shape index (κ1) is 14.5. The van der Waals surface area contributed by atoms with Crippen molar-refractivity contribution in [2.75, 3.05) is 5.73 Å². The van der Waals surface area contributed by atoms with Gasteiger partial charge in [-0.2, -0.15) is 0 Å². The van der Waals surface area contributed by atoms with Crippen LogP contribution in [0.4, 0.5) is 18.3 Å². The van der Waals surface area contributed by atoms with Crippen LogP contribution in [0.25, 0.3) is 10.2 Å². The van der Waals surface area contributed by atoms with E-state index in [1.165, 1.54) is 29.5 Å². The molecule has 22 heavy (non-hydrogen) atoms. The van der Waals surface area contributed by atoms with E-state index in [1.54, 1.807) is 24.3 Å². The molecule has 0 aliphatic rings. The Morgan fingerprint density at radius 2 is 1.77 bits per heavy atom. The average molecular weight is 326 g/mol. The summed E-state index contributed by atoms with van der Waals surface area (Å²) in [6.45, 7) is 0. The third-order valence-corrected chi connectivity index (χ3v) is 3.53. The Balaban J connectivity index is 1.91. The smallest absolute Gasteiger partial charge is 0.453 e. The van der Waals surface area contributed by atoms with E-state index >= 15 is 0 Å². The van der Waals surface area contributed by atoms with Crippen molar-refractivity contribution in [1.82, 2.24) is 4.98 Å². The van der Waals surface area contributed by atoms with Crippen LogP contribution in [0, 0.1) is 0 Å². The first-order chi connectivity index (χ1) is 10.4. The van der Waals surface area contributed by atoms with E-state index in [9.17, 15) is 13.2 Å². The summed E-state index contributed by atoms with van der Waals surface area (Å²) in [5.74, 6) is -0.0649. The van der Waals surface area contributed by atoms with Gasteiger partial charge in [-0.05, 0) is 24.3 Å². The second-order valence-electron chi connectivity index (χ2n) is 4.28. The van der Waals surface area contributed by atoms with Crippen molar-refractivity contribution in [2.45, 2.75) is 6.36 Å². The highest BCUT2D eigenvalue weighted by molar-refractivity contribution is 7.22. The lowest BCUT2D eigenvalue weighted by atomic mass is 10.3. The molecule has 0 amide bonds. The standard InChI is InChI=1S/C14H9F3N2O2S/c15-14(16,17)21-11-4-2-1-3-10(11)20-8-5-6-9-12(7-8)22-13(18)19-9/h1-7H,(H2,18,19). The number of nitrogen functional groups attached to an aromatic ring is 1. The molecule has 0 saturated carbocycles. The number of benzene rings is 2. The summed E-state index contributed by atoms with van der Waals surface area (Å²) < 4.78 is 47.3. The number of alkyl halides is 3. The van der Waals surface area contributed by atoms with Crippen LogP contribution in [0.2, 0.25) is 0 Å². The van der Waals surface area contributed by atoms with Crippen LogP contribution < -0.4 is 15.2 Å². The van der Waals surface area contributed by atoms with Crippen LogP contribution in [-0.2, 0) is 0 Å². The molecule has 0 bridgehead atoms. The predicted octanol–water partition coefficient (Wildman–Crippen LogP) is 4.57. The largest absolute Gasteiger partial charge is 0.573 e. The Bertz CT molecular complexity index is 817. The van der Waals surface area contributed by atoms with Gasteiger partial charge in [0.2, 0.25) is 0 Å². The molecular formula is C14H9F3N2O2S. The summed E-state index contributed by atoms with van der Waals surface area (Å²) in [6, 6.07) is 10.5. The lowest BCUT2D eigenvalue weighted by Crippen LogP contribution is -2.17. The molecule has 0 aliphatic heterocycles. The number of fused-ring (bicyclic) bond motifs is 1. The molecule has 8 heteroatoms. The number of thiazole rings is 1. The van der Waals surface area contributed by atoms with E-state index in [1.807, 2.05) is 0 Å². The van der Waals surface area contributed by atoms with Gasteiger partial charge in [-0.15, -0.1) is 13.2 Å². The van der Waals surface area contributed by atoms with E-state index in [0.29, 0.717) is 16.4 Å². The highest BCUT2D eigenvalue weighted by Crippen LogP contribution is 2.36. The lowest BCUT2D eigenvalue weighted by molar-refractivity contribution is -0.275. The van der Waals surface area contributed by atoms with Gasteiger partial charge >= 0.3 is 6.36 Å². The molecule has 0 unspecified atom stereocenters. The normalized spacial score (nSPS) is 11.6. The number of ether oxygens (including phenoxy) is 2.